The number of esters is 1. The lowest BCUT2D eigenvalue weighted by atomic mass is 10.1. The summed E-state index contributed by atoms with van der Waals surface area (Å²) in [6.45, 7) is 6.89. The van der Waals surface area contributed by atoms with Crippen molar-refractivity contribution < 1.29 is 23.9 Å². The van der Waals surface area contributed by atoms with Crippen LogP contribution in [0.4, 0.5) is 0 Å². The Morgan fingerprint density at radius 3 is 2.77 bits per heavy atom. The van der Waals surface area contributed by atoms with E-state index in [4.69, 9.17) is 21.7 Å². The van der Waals surface area contributed by atoms with Gasteiger partial charge in [0, 0.05) is 18.7 Å². The lowest BCUT2D eigenvalue weighted by molar-refractivity contribution is -0.150. The number of amides is 2. The van der Waals surface area contributed by atoms with Gasteiger partial charge < -0.3 is 19.7 Å². The predicted molar refractivity (Wildman–Crippen MR) is 124 cm³/mol. The van der Waals surface area contributed by atoms with Gasteiger partial charge in [-0.15, -0.1) is 0 Å². The highest BCUT2D eigenvalue weighted by Gasteiger charge is 2.34. The molecule has 170 valence electrons. The van der Waals surface area contributed by atoms with Crippen LogP contribution in [0.2, 0.25) is 0 Å². The minimum Gasteiger partial charge on any atom is -0.492 e. The van der Waals surface area contributed by atoms with Crippen molar-refractivity contribution in [2.24, 2.45) is 0 Å². The van der Waals surface area contributed by atoms with E-state index in [1.807, 2.05) is 0 Å². The minimum absolute atomic E-state index is 0.0848. The lowest BCUT2D eigenvalue weighted by Gasteiger charge is -2.36. The highest BCUT2D eigenvalue weighted by molar-refractivity contribution is 9.10. The third kappa shape index (κ3) is 7.46. The molecule has 1 aliphatic rings. The first-order valence-corrected chi connectivity index (χ1v) is 11.4. The van der Waals surface area contributed by atoms with Crippen molar-refractivity contribution >= 4 is 51.0 Å². The van der Waals surface area contributed by atoms with Crippen molar-refractivity contribution in [3.8, 4) is 5.75 Å². The Bertz CT molecular complexity index is 833. The van der Waals surface area contributed by atoms with E-state index in [2.05, 4.69) is 33.5 Å². The third-order valence-electron chi connectivity index (χ3n) is 4.49. The number of hydrogen-bond acceptors (Lipinski definition) is 6. The molecule has 0 aromatic heterocycles. The van der Waals surface area contributed by atoms with E-state index < -0.39 is 17.9 Å². The Morgan fingerprint density at radius 2 is 2.13 bits per heavy atom. The molecule has 1 aromatic rings. The first-order valence-electron chi connectivity index (χ1n) is 10.2. The molecule has 1 saturated heterocycles. The summed E-state index contributed by atoms with van der Waals surface area (Å²) >= 11 is 8.80. The van der Waals surface area contributed by atoms with E-state index in [9.17, 15) is 14.4 Å². The average Bonchev–Trinajstić information content (AvgIpc) is 2.70. The molecule has 10 heteroatoms. The van der Waals surface area contributed by atoms with Gasteiger partial charge in [0.25, 0.3) is 5.91 Å². The molecule has 2 N–H and O–H groups in total. The number of carbonyl (C=O) groups excluding carboxylic acids is 3. The summed E-state index contributed by atoms with van der Waals surface area (Å²) in [7, 11) is 0. The van der Waals surface area contributed by atoms with Crippen molar-refractivity contribution in [1.29, 1.82) is 0 Å². The lowest BCUT2D eigenvalue weighted by Crippen LogP contribution is -2.60. The summed E-state index contributed by atoms with van der Waals surface area (Å²) in [4.78, 5) is 38.6. The standard InChI is InChI=1S/C21H28BrN3O5S/c1-4-5-10-29-17-7-6-14(11-15(17)22)19(27)24-21(31)25-9-8-23-20(28)16(25)12-18(26)30-13(2)3/h6-7,11,13,16H,4-5,8-10,12H2,1-3H3,(H,23,28)(H,24,27,31). The number of ether oxygens (including phenoxy) is 2. The molecule has 1 aromatic carbocycles. The molecule has 1 aliphatic heterocycles. The van der Waals surface area contributed by atoms with Crippen LogP contribution < -0.4 is 15.4 Å². The van der Waals surface area contributed by atoms with Crippen molar-refractivity contribution in [2.75, 3.05) is 19.7 Å². The van der Waals surface area contributed by atoms with E-state index in [-0.39, 0.29) is 23.5 Å². The number of piperazine rings is 1. The van der Waals surface area contributed by atoms with Gasteiger partial charge in [-0.25, -0.2) is 0 Å². The van der Waals surface area contributed by atoms with Gasteiger partial charge in [-0.2, -0.15) is 0 Å². The number of hydrogen-bond donors (Lipinski definition) is 2. The average molecular weight is 514 g/mol. The second kappa shape index (κ2) is 12.0. The van der Waals surface area contributed by atoms with E-state index >= 15 is 0 Å². The number of rotatable bonds is 8. The smallest absolute Gasteiger partial charge is 0.308 e. The molecule has 0 bridgehead atoms. The molecular formula is C21H28BrN3O5S. The molecule has 1 unspecified atom stereocenters. The molecule has 8 nitrogen and oxygen atoms in total. The van der Waals surface area contributed by atoms with E-state index in [1.54, 1.807) is 36.9 Å². The first kappa shape index (κ1) is 25.1. The number of nitrogens with zero attached hydrogens (tertiary/aromatic N) is 1. The molecule has 0 radical (unpaired) electrons. The zero-order valence-corrected chi connectivity index (χ0v) is 20.3. The summed E-state index contributed by atoms with van der Waals surface area (Å²) < 4.78 is 11.5. The fourth-order valence-corrected chi connectivity index (χ4v) is 3.76. The van der Waals surface area contributed by atoms with Crippen LogP contribution in [0.3, 0.4) is 0 Å². The predicted octanol–water partition coefficient (Wildman–Crippen LogP) is 2.78. The first-order chi connectivity index (χ1) is 14.7. The maximum atomic E-state index is 12.7. The topological polar surface area (TPSA) is 97.0 Å². The van der Waals surface area contributed by atoms with Gasteiger partial charge in [0.1, 0.15) is 11.8 Å². The van der Waals surface area contributed by atoms with Crippen LogP contribution in [0, 0.1) is 0 Å². The van der Waals surface area contributed by atoms with E-state index in [1.165, 1.54) is 0 Å². The van der Waals surface area contributed by atoms with Gasteiger partial charge in [-0.1, -0.05) is 13.3 Å². The summed E-state index contributed by atoms with van der Waals surface area (Å²) in [5, 5.41) is 5.45. The molecular weight excluding hydrogens is 486 g/mol. The van der Waals surface area contributed by atoms with Gasteiger partial charge in [0.05, 0.1) is 23.6 Å². The van der Waals surface area contributed by atoms with Gasteiger partial charge in [0.15, 0.2) is 5.11 Å². The number of halogens is 1. The molecule has 2 amide bonds. The number of thiocarbonyl (C=S) groups is 1. The fourth-order valence-electron chi connectivity index (χ4n) is 2.96. The third-order valence-corrected chi connectivity index (χ3v) is 5.45. The van der Waals surface area contributed by atoms with Crippen LogP contribution in [-0.2, 0) is 14.3 Å². The van der Waals surface area contributed by atoms with Crippen LogP contribution >= 0.6 is 28.1 Å². The van der Waals surface area contributed by atoms with Crippen molar-refractivity contribution in [2.45, 2.75) is 52.2 Å². The van der Waals surface area contributed by atoms with Crippen LogP contribution in [-0.4, -0.2) is 59.6 Å². The maximum absolute atomic E-state index is 12.7. The van der Waals surface area contributed by atoms with Gasteiger partial charge in [-0.05, 0) is 66.6 Å². The van der Waals surface area contributed by atoms with Crippen molar-refractivity contribution in [3.05, 3.63) is 28.2 Å². The van der Waals surface area contributed by atoms with E-state index in [0.29, 0.717) is 35.5 Å². The fraction of sp³-hybridized carbons (Fsp3) is 0.524. The van der Waals surface area contributed by atoms with Crippen LogP contribution in [0.25, 0.3) is 0 Å². The molecule has 1 heterocycles. The van der Waals surface area contributed by atoms with Crippen LogP contribution in [0.15, 0.2) is 22.7 Å². The minimum atomic E-state index is -0.839. The maximum Gasteiger partial charge on any atom is 0.308 e. The summed E-state index contributed by atoms with van der Waals surface area (Å²) in [5.41, 5.74) is 0.384. The Labute approximate surface area is 196 Å². The SMILES string of the molecule is CCCCOc1ccc(C(=O)NC(=S)N2CCNC(=O)C2CC(=O)OC(C)C)cc1Br. The molecule has 1 fully saturated rings. The second-order valence-electron chi connectivity index (χ2n) is 7.35. The van der Waals surface area contributed by atoms with Crippen LogP contribution in [0.1, 0.15) is 50.4 Å². The molecule has 31 heavy (non-hydrogen) atoms. The van der Waals surface area contributed by atoms with E-state index in [0.717, 1.165) is 12.8 Å². The zero-order valence-electron chi connectivity index (χ0n) is 17.9. The molecule has 0 aliphatic carbocycles. The quantitative estimate of drug-likeness (QED) is 0.313. The number of carbonyl (C=O) groups is 3. The van der Waals surface area contributed by atoms with Gasteiger partial charge >= 0.3 is 5.97 Å². The summed E-state index contributed by atoms with van der Waals surface area (Å²) in [6.07, 6.45) is 1.53. The Balaban J connectivity index is 2.04. The number of benzene rings is 1. The van der Waals surface area contributed by atoms with Gasteiger partial charge in [-0.3, -0.25) is 19.7 Å². The second-order valence-corrected chi connectivity index (χ2v) is 8.59. The molecule has 1 atom stereocenters. The molecule has 2 rings (SSSR count). The zero-order chi connectivity index (χ0) is 23.0. The number of nitrogens with one attached hydrogen (secondary N) is 2. The van der Waals surface area contributed by atoms with Crippen LogP contribution in [0.5, 0.6) is 5.75 Å². The summed E-state index contributed by atoms with van der Waals surface area (Å²) in [5.74, 6) is -0.594. The van der Waals surface area contributed by atoms with Crippen molar-refractivity contribution in [3.63, 3.8) is 0 Å². The molecule has 0 spiro atoms. The Morgan fingerprint density at radius 1 is 1.39 bits per heavy atom. The molecule has 0 saturated carbocycles. The largest absolute Gasteiger partial charge is 0.492 e. The highest BCUT2D eigenvalue weighted by Crippen LogP contribution is 2.26. The number of unbranched alkanes of at least 4 members (excludes halogenated alkanes) is 1. The highest BCUT2D eigenvalue weighted by atomic mass is 79.9. The monoisotopic (exact) mass is 513 g/mol. The Hall–Kier alpha value is -2.20. The normalized spacial score (nSPS) is 16.0. The summed E-state index contributed by atoms with van der Waals surface area (Å²) in [6, 6.07) is 4.18. The van der Waals surface area contributed by atoms with Crippen molar-refractivity contribution in [1.82, 2.24) is 15.5 Å². The Kier molecular flexibility index (Phi) is 9.70. The van der Waals surface area contributed by atoms with Gasteiger partial charge in [0.2, 0.25) is 5.91 Å².